The summed E-state index contributed by atoms with van der Waals surface area (Å²) in [7, 11) is 1.44. The lowest BCUT2D eigenvalue weighted by Crippen LogP contribution is -2.29. The van der Waals surface area contributed by atoms with Gasteiger partial charge < -0.3 is 23.9 Å². The maximum absolute atomic E-state index is 13.2. The Morgan fingerprint density at radius 3 is 2.55 bits per heavy atom. The van der Waals surface area contributed by atoms with Crippen LogP contribution in [0, 0.1) is 0 Å². The number of hydrogen-bond acceptors (Lipinski definition) is 6. The summed E-state index contributed by atoms with van der Waals surface area (Å²) < 4.78 is 16.3. The molecule has 33 heavy (non-hydrogen) atoms. The lowest BCUT2D eigenvalue weighted by atomic mass is 9.95. The Hall–Kier alpha value is -3.71. The molecule has 0 bridgehead atoms. The minimum absolute atomic E-state index is 0.0545. The molecular formula is C25H22ClNO6. The van der Waals surface area contributed by atoms with Gasteiger partial charge in [0.2, 0.25) is 0 Å². The standard InChI is InChI=1S/C25H22ClNO6/c1-3-32-17-9-6-15(7-10-17)22-21(23(28)19-13-16(26)8-11-20(19)31-2)24(29)25(30)27(22)14-18-5-4-12-33-18/h4-13,22,28H,3,14H2,1-2H3/b23-21+. The molecule has 1 amide bonds. The molecule has 1 aliphatic heterocycles. The third-order valence-electron chi connectivity index (χ3n) is 5.37. The van der Waals surface area contributed by atoms with Crippen molar-refractivity contribution in [1.82, 2.24) is 4.90 Å². The van der Waals surface area contributed by atoms with Crippen LogP contribution in [0.3, 0.4) is 0 Å². The van der Waals surface area contributed by atoms with Crippen LogP contribution in [0.1, 0.15) is 29.9 Å². The third kappa shape index (κ3) is 4.32. The number of furan rings is 1. The molecule has 2 aromatic carbocycles. The molecule has 1 fully saturated rings. The Morgan fingerprint density at radius 2 is 1.91 bits per heavy atom. The molecule has 2 heterocycles. The molecule has 1 unspecified atom stereocenters. The predicted molar refractivity (Wildman–Crippen MR) is 122 cm³/mol. The van der Waals surface area contributed by atoms with Crippen molar-refractivity contribution in [3.8, 4) is 11.5 Å². The maximum atomic E-state index is 13.2. The summed E-state index contributed by atoms with van der Waals surface area (Å²) in [6.07, 6.45) is 1.49. The van der Waals surface area contributed by atoms with Crippen molar-refractivity contribution in [3.63, 3.8) is 0 Å². The molecule has 170 valence electrons. The molecular weight excluding hydrogens is 446 g/mol. The van der Waals surface area contributed by atoms with E-state index in [1.807, 2.05) is 6.92 Å². The number of Topliss-reactive ketones (excluding diaryl/α,β-unsaturated/α-hetero) is 1. The summed E-state index contributed by atoms with van der Waals surface area (Å²) in [5, 5.41) is 11.6. The number of benzene rings is 2. The summed E-state index contributed by atoms with van der Waals surface area (Å²) in [4.78, 5) is 27.6. The second kappa shape index (κ2) is 9.42. The van der Waals surface area contributed by atoms with Gasteiger partial charge >= 0.3 is 0 Å². The highest BCUT2D eigenvalue weighted by Gasteiger charge is 2.46. The molecule has 1 saturated heterocycles. The number of aliphatic hydroxyl groups excluding tert-OH is 1. The number of hydrogen-bond donors (Lipinski definition) is 1. The third-order valence-corrected chi connectivity index (χ3v) is 5.60. The van der Waals surface area contributed by atoms with E-state index in [0.717, 1.165) is 0 Å². The van der Waals surface area contributed by atoms with Crippen molar-refractivity contribution in [3.05, 3.63) is 88.3 Å². The highest BCUT2D eigenvalue weighted by molar-refractivity contribution is 6.46. The number of amides is 1. The average molecular weight is 468 g/mol. The van der Waals surface area contributed by atoms with Crippen molar-refractivity contribution in [2.24, 2.45) is 0 Å². The lowest BCUT2D eigenvalue weighted by molar-refractivity contribution is -0.140. The number of rotatable bonds is 7. The van der Waals surface area contributed by atoms with Gasteiger partial charge in [0.1, 0.15) is 23.0 Å². The molecule has 0 radical (unpaired) electrons. The van der Waals surface area contributed by atoms with Crippen LogP contribution in [0.15, 0.2) is 70.9 Å². The van der Waals surface area contributed by atoms with Crippen molar-refractivity contribution in [2.75, 3.05) is 13.7 Å². The number of likely N-dealkylation sites (tertiary alicyclic amines) is 1. The van der Waals surface area contributed by atoms with E-state index in [2.05, 4.69) is 0 Å². The second-order valence-corrected chi connectivity index (χ2v) is 7.79. The fourth-order valence-corrected chi connectivity index (χ4v) is 4.06. The average Bonchev–Trinajstić information content (AvgIpc) is 3.42. The SMILES string of the molecule is CCOc1ccc(C2/C(=C(\O)c3cc(Cl)ccc3OC)C(=O)C(=O)N2Cc2ccco2)cc1. The van der Waals surface area contributed by atoms with Gasteiger partial charge in [-0.1, -0.05) is 23.7 Å². The van der Waals surface area contributed by atoms with Crippen LogP contribution in [0.4, 0.5) is 0 Å². The largest absolute Gasteiger partial charge is 0.507 e. The van der Waals surface area contributed by atoms with Crippen molar-refractivity contribution in [1.29, 1.82) is 0 Å². The normalized spacial score (nSPS) is 17.4. The van der Waals surface area contributed by atoms with Gasteiger partial charge in [0.15, 0.2) is 0 Å². The van der Waals surface area contributed by atoms with Gasteiger partial charge in [0.05, 0.1) is 43.7 Å². The van der Waals surface area contributed by atoms with Crippen LogP contribution in [0.25, 0.3) is 5.76 Å². The predicted octanol–water partition coefficient (Wildman–Crippen LogP) is 4.96. The van der Waals surface area contributed by atoms with Crippen LogP contribution in [-0.4, -0.2) is 35.4 Å². The van der Waals surface area contributed by atoms with Crippen molar-refractivity contribution >= 4 is 29.1 Å². The first kappa shape index (κ1) is 22.5. The second-order valence-electron chi connectivity index (χ2n) is 7.35. The molecule has 1 N–H and O–H groups in total. The molecule has 4 rings (SSSR count). The van der Waals surface area contributed by atoms with E-state index in [0.29, 0.717) is 34.5 Å². The number of carbonyl (C=O) groups excluding carboxylic acids is 2. The Labute approximate surface area is 195 Å². The number of methoxy groups -OCH3 is 1. The van der Waals surface area contributed by atoms with E-state index in [1.54, 1.807) is 48.5 Å². The molecule has 1 aromatic heterocycles. The van der Waals surface area contributed by atoms with Crippen LogP contribution in [-0.2, 0) is 16.1 Å². The molecule has 3 aromatic rings. The van der Waals surface area contributed by atoms with E-state index in [4.69, 9.17) is 25.5 Å². The fraction of sp³-hybridized carbons (Fsp3) is 0.200. The Bertz CT molecular complexity index is 1200. The van der Waals surface area contributed by atoms with Crippen molar-refractivity contribution in [2.45, 2.75) is 19.5 Å². The van der Waals surface area contributed by atoms with Gasteiger partial charge in [-0.3, -0.25) is 9.59 Å². The van der Waals surface area contributed by atoms with E-state index in [1.165, 1.54) is 24.3 Å². The van der Waals surface area contributed by atoms with Crippen LogP contribution in [0.2, 0.25) is 5.02 Å². The summed E-state index contributed by atoms with van der Waals surface area (Å²) >= 11 is 6.14. The first-order chi connectivity index (χ1) is 15.9. The zero-order chi connectivity index (χ0) is 23.5. The molecule has 1 atom stereocenters. The maximum Gasteiger partial charge on any atom is 0.296 e. The van der Waals surface area contributed by atoms with Gasteiger partial charge in [-0.05, 0) is 55.0 Å². The molecule has 0 saturated carbocycles. The number of ether oxygens (including phenoxy) is 2. The topological polar surface area (TPSA) is 89.2 Å². The number of ketones is 1. The molecule has 7 nitrogen and oxygen atoms in total. The fourth-order valence-electron chi connectivity index (χ4n) is 3.88. The van der Waals surface area contributed by atoms with Gasteiger partial charge in [0, 0.05) is 5.02 Å². The zero-order valence-corrected chi connectivity index (χ0v) is 18.8. The van der Waals surface area contributed by atoms with E-state index in [-0.39, 0.29) is 23.4 Å². The monoisotopic (exact) mass is 467 g/mol. The van der Waals surface area contributed by atoms with Crippen LogP contribution < -0.4 is 9.47 Å². The van der Waals surface area contributed by atoms with E-state index in [9.17, 15) is 14.7 Å². The minimum atomic E-state index is -0.852. The van der Waals surface area contributed by atoms with E-state index < -0.39 is 17.7 Å². The molecule has 1 aliphatic rings. The van der Waals surface area contributed by atoms with E-state index >= 15 is 0 Å². The quantitative estimate of drug-likeness (QED) is 0.300. The molecule has 0 spiro atoms. The molecule has 8 heteroatoms. The first-order valence-corrected chi connectivity index (χ1v) is 10.7. The van der Waals surface area contributed by atoms with Crippen molar-refractivity contribution < 1.29 is 28.6 Å². The number of aliphatic hydroxyl groups is 1. The van der Waals surface area contributed by atoms with Crippen LogP contribution in [0.5, 0.6) is 11.5 Å². The lowest BCUT2D eigenvalue weighted by Gasteiger charge is -2.25. The summed E-state index contributed by atoms with van der Waals surface area (Å²) in [5.74, 6) is -0.435. The Balaban J connectivity index is 1.88. The minimum Gasteiger partial charge on any atom is -0.507 e. The molecule has 0 aliphatic carbocycles. The Morgan fingerprint density at radius 1 is 1.15 bits per heavy atom. The van der Waals surface area contributed by atoms with Gasteiger partial charge in [-0.15, -0.1) is 0 Å². The highest BCUT2D eigenvalue weighted by Crippen LogP contribution is 2.42. The smallest absolute Gasteiger partial charge is 0.296 e. The summed E-state index contributed by atoms with van der Waals surface area (Å²) in [6.45, 7) is 2.44. The van der Waals surface area contributed by atoms with Gasteiger partial charge in [-0.25, -0.2) is 0 Å². The van der Waals surface area contributed by atoms with Gasteiger partial charge in [0.25, 0.3) is 11.7 Å². The first-order valence-electron chi connectivity index (χ1n) is 10.3. The number of halogens is 1. The van der Waals surface area contributed by atoms with Crippen LogP contribution >= 0.6 is 11.6 Å². The zero-order valence-electron chi connectivity index (χ0n) is 18.1. The van der Waals surface area contributed by atoms with Gasteiger partial charge in [-0.2, -0.15) is 0 Å². The highest BCUT2D eigenvalue weighted by atomic mass is 35.5. The number of nitrogens with zero attached hydrogens (tertiary/aromatic N) is 1. The summed E-state index contributed by atoms with van der Waals surface area (Å²) in [6, 6.07) is 14.3. The Kier molecular flexibility index (Phi) is 6.42. The summed E-state index contributed by atoms with van der Waals surface area (Å²) in [5.41, 5.74) is 0.792. The number of carbonyl (C=O) groups is 2.